The van der Waals surface area contributed by atoms with Gasteiger partial charge < -0.3 is 29.9 Å². The van der Waals surface area contributed by atoms with Crippen molar-refractivity contribution in [3.05, 3.63) is 72.3 Å². The second-order valence-corrected chi connectivity index (χ2v) is 9.56. The first-order valence-electron chi connectivity index (χ1n) is 12.8. The molecule has 204 valence electrons. The SMILES string of the molecule is C=CCN1C(=O)CCc2c(OCC(O)CN3CCC(Cc4ccccc4)CC3)cccc21.O=C(O)C(=O)O. The van der Waals surface area contributed by atoms with Crippen molar-refractivity contribution in [3.63, 3.8) is 0 Å². The molecule has 2 aromatic rings. The van der Waals surface area contributed by atoms with Gasteiger partial charge in [0.15, 0.2) is 0 Å². The van der Waals surface area contributed by atoms with Gasteiger partial charge in [-0.05, 0) is 62.4 Å². The minimum absolute atomic E-state index is 0.116. The van der Waals surface area contributed by atoms with E-state index in [1.165, 1.54) is 18.4 Å². The Balaban J connectivity index is 0.000000599. The number of ether oxygens (including phenoxy) is 1. The molecule has 3 N–H and O–H groups in total. The van der Waals surface area contributed by atoms with E-state index in [9.17, 15) is 9.90 Å². The molecule has 4 rings (SSSR count). The van der Waals surface area contributed by atoms with E-state index in [0.29, 0.717) is 25.9 Å². The van der Waals surface area contributed by atoms with Gasteiger partial charge in [0, 0.05) is 25.1 Å². The number of hydrogen-bond acceptors (Lipinski definition) is 6. The van der Waals surface area contributed by atoms with Crippen molar-refractivity contribution < 1.29 is 34.4 Å². The Morgan fingerprint density at radius 1 is 1.03 bits per heavy atom. The van der Waals surface area contributed by atoms with Gasteiger partial charge >= 0.3 is 11.9 Å². The minimum atomic E-state index is -1.82. The maximum atomic E-state index is 12.3. The fraction of sp³-hybridized carbons (Fsp3) is 0.414. The zero-order valence-electron chi connectivity index (χ0n) is 21.5. The lowest BCUT2D eigenvalue weighted by Gasteiger charge is -2.33. The summed E-state index contributed by atoms with van der Waals surface area (Å²) in [6.07, 6.45) is 5.83. The number of carbonyl (C=O) groups excluding carboxylic acids is 1. The summed E-state index contributed by atoms with van der Waals surface area (Å²) in [6.45, 7) is 7.20. The van der Waals surface area contributed by atoms with E-state index < -0.39 is 18.0 Å². The lowest BCUT2D eigenvalue weighted by Crippen LogP contribution is -2.41. The van der Waals surface area contributed by atoms with Crippen LogP contribution < -0.4 is 9.64 Å². The Labute approximate surface area is 222 Å². The van der Waals surface area contributed by atoms with Crippen LogP contribution in [-0.4, -0.2) is 77.0 Å². The number of anilines is 1. The molecule has 0 aliphatic carbocycles. The number of carboxylic acids is 2. The number of carboxylic acid groups (broad SMARTS) is 2. The third-order valence-electron chi connectivity index (χ3n) is 6.76. The van der Waals surface area contributed by atoms with E-state index >= 15 is 0 Å². The predicted octanol–water partition coefficient (Wildman–Crippen LogP) is 3.00. The highest BCUT2D eigenvalue weighted by Gasteiger charge is 2.26. The normalized spacial score (nSPS) is 16.6. The third kappa shape index (κ3) is 8.43. The van der Waals surface area contributed by atoms with Gasteiger partial charge in [0.2, 0.25) is 5.91 Å². The monoisotopic (exact) mass is 524 g/mol. The van der Waals surface area contributed by atoms with Crippen LogP contribution in [0.15, 0.2) is 61.2 Å². The molecule has 9 nitrogen and oxygen atoms in total. The summed E-state index contributed by atoms with van der Waals surface area (Å²) in [5.41, 5.74) is 3.36. The predicted molar refractivity (Wildman–Crippen MR) is 143 cm³/mol. The summed E-state index contributed by atoms with van der Waals surface area (Å²) in [7, 11) is 0. The lowest BCUT2D eigenvalue weighted by atomic mass is 9.90. The molecule has 1 atom stereocenters. The number of fused-ring (bicyclic) bond motifs is 1. The summed E-state index contributed by atoms with van der Waals surface area (Å²) in [5, 5.41) is 25.4. The Hall–Kier alpha value is -3.69. The van der Waals surface area contributed by atoms with Crippen molar-refractivity contribution in [2.24, 2.45) is 5.92 Å². The summed E-state index contributed by atoms with van der Waals surface area (Å²) < 4.78 is 6.03. The molecule has 0 radical (unpaired) electrons. The lowest BCUT2D eigenvalue weighted by molar-refractivity contribution is -0.159. The fourth-order valence-electron chi connectivity index (χ4n) is 4.88. The second kappa shape index (κ2) is 14.3. The van der Waals surface area contributed by atoms with Gasteiger partial charge in [-0.1, -0.05) is 42.5 Å². The highest BCUT2D eigenvalue weighted by molar-refractivity contribution is 6.27. The van der Waals surface area contributed by atoms with Crippen molar-refractivity contribution in [2.45, 2.75) is 38.2 Å². The molecule has 2 heterocycles. The number of nitrogens with zero attached hydrogens (tertiary/aromatic N) is 2. The van der Waals surface area contributed by atoms with Gasteiger partial charge in [0.1, 0.15) is 18.5 Å². The maximum Gasteiger partial charge on any atom is 0.414 e. The van der Waals surface area contributed by atoms with E-state index in [4.69, 9.17) is 24.5 Å². The van der Waals surface area contributed by atoms with Crippen LogP contribution in [0, 0.1) is 5.92 Å². The topological polar surface area (TPSA) is 128 Å². The minimum Gasteiger partial charge on any atom is -0.490 e. The number of benzene rings is 2. The molecule has 1 unspecified atom stereocenters. The average Bonchev–Trinajstić information content (AvgIpc) is 2.91. The fourth-order valence-corrected chi connectivity index (χ4v) is 4.88. The van der Waals surface area contributed by atoms with Crippen molar-refractivity contribution in [1.82, 2.24) is 4.90 Å². The van der Waals surface area contributed by atoms with E-state index in [-0.39, 0.29) is 12.5 Å². The molecule has 0 bridgehead atoms. The second-order valence-electron chi connectivity index (χ2n) is 9.56. The van der Waals surface area contributed by atoms with Gasteiger partial charge in [-0.15, -0.1) is 6.58 Å². The van der Waals surface area contributed by atoms with E-state index in [1.54, 1.807) is 11.0 Å². The molecule has 1 saturated heterocycles. The smallest absolute Gasteiger partial charge is 0.414 e. The molecule has 1 fully saturated rings. The van der Waals surface area contributed by atoms with Gasteiger partial charge in [0.25, 0.3) is 0 Å². The number of likely N-dealkylation sites (tertiary alicyclic amines) is 1. The Morgan fingerprint density at radius 3 is 2.34 bits per heavy atom. The van der Waals surface area contributed by atoms with Crippen LogP contribution in [0.1, 0.15) is 30.4 Å². The number of aliphatic hydroxyl groups is 1. The molecular formula is C29H36N2O7. The van der Waals surface area contributed by atoms with Crippen LogP contribution in [-0.2, 0) is 27.2 Å². The first-order chi connectivity index (χ1) is 18.3. The van der Waals surface area contributed by atoms with E-state index in [1.807, 2.05) is 18.2 Å². The number of carbonyl (C=O) groups is 3. The van der Waals surface area contributed by atoms with E-state index in [0.717, 1.165) is 42.4 Å². The van der Waals surface area contributed by atoms with Crippen molar-refractivity contribution in [3.8, 4) is 5.75 Å². The summed E-state index contributed by atoms with van der Waals surface area (Å²) >= 11 is 0. The first-order valence-corrected chi connectivity index (χ1v) is 12.8. The average molecular weight is 525 g/mol. The van der Waals surface area contributed by atoms with Crippen molar-refractivity contribution in [1.29, 1.82) is 0 Å². The molecule has 2 aromatic carbocycles. The van der Waals surface area contributed by atoms with Crippen LogP contribution in [0.25, 0.3) is 0 Å². The molecule has 0 aromatic heterocycles. The summed E-state index contributed by atoms with van der Waals surface area (Å²) in [4.78, 5) is 34.6. The number of hydrogen-bond donors (Lipinski definition) is 3. The maximum absolute atomic E-state index is 12.3. The van der Waals surface area contributed by atoms with Crippen LogP contribution in [0.2, 0.25) is 0 Å². The number of β-amino-alcohol motifs (C(OH)–C–C–N with tert-alkyl or cyclic N) is 1. The van der Waals surface area contributed by atoms with Gasteiger partial charge in [-0.25, -0.2) is 9.59 Å². The standard InChI is InChI=1S/C27H34N2O3.C2H2O4/c1-2-15-29-25-9-6-10-26(24(25)11-12-27(29)31)32-20-23(30)19-28-16-13-22(14-17-28)18-21-7-4-3-5-8-21;3-1(4)2(5)6/h2-10,22-23,30H,1,11-20H2;(H,3,4)(H,5,6). The number of aliphatic carboxylic acids is 2. The molecule has 0 spiro atoms. The zero-order chi connectivity index (χ0) is 27.5. The molecule has 0 saturated carbocycles. The molecule has 1 amide bonds. The Bertz CT molecular complexity index is 1090. The number of aliphatic hydroxyl groups excluding tert-OH is 1. The number of amides is 1. The third-order valence-corrected chi connectivity index (χ3v) is 6.76. The zero-order valence-corrected chi connectivity index (χ0v) is 21.5. The molecular weight excluding hydrogens is 488 g/mol. The first kappa shape index (κ1) is 28.9. The molecule has 2 aliphatic heterocycles. The Morgan fingerprint density at radius 2 is 1.71 bits per heavy atom. The van der Waals surface area contributed by atoms with Crippen LogP contribution in [0.5, 0.6) is 5.75 Å². The molecule has 38 heavy (non-hydrogen) atoms. The summed E-state index contributed by atoms with van der Waals surface area (Å²) in [5.74, 6) is -2.04. The number of rotatable bonds is 9. The molecule has 9 heteroatoms. The van der Waals surface area contributed by atoms with E-state index in [2.05, 4.69) is 41.8 Å². The van der Waals surface area contributed by atoms with Gasteiger partial charge in [-0.3, -0.25) is 4.79 Å². The quantitative estimate of drug-likeness (QED) is 0.338. The van der Waals surface area contributed by atoms with Crippen LogP contribution >= 0.6 is 0 Å². The largest absolute Gasteiger partial charge is 0.490 e. The molecule has 2 aliphatic rings. The van der Waals surface area contributed by atoms with Crippen LogP contribution in [0.3, 0.4) is 0 Å². The number of piperidine rings is 1. The van der Waals surface area contributed by atoms with Crippen molar-refractivity contribution in [2.75, 3.05) is 37.7 Å². The highest BCUT2D eigenvalue weighted by Crippen LogP contribution is 2.34. The van der Waals surface area contributed by atoms with Crippen molar-refractivity contribution >= 4 is 23.5 Å². The highest BCUT2D eigenvalue weighted by atomic mass is 16.5. The van der Waals surface area contributed by atoms with Gasteiger partial charge in [-0.2, -0.15) is 0 Å². The van der Waals surface area contributed by atoms with Crippen LogP contribution in [0.4, 0.5) is 5.69 Å². The summed E-state index contributed by atoms with van der Waals surface area (Å²) in [6, 6.07) is 16.5. The Kier molecular flexibility index (Phi) is 10.9. The van der Waals surface area contributed by atoms with Gasteiger partial charge in [0.05, 0.1) is 5.69 Å².